The van der Waals surface area contributed by atoms with Crippen LogP contribution in [0.1, 0.15) is 24.5 Å². The van der Waals surface area contributed by atoms with Gasteiger partial charge in [-0.25, -0.2) is 0 Å². The lowest BCUT2D eigenvalue weighted by Gasteiger charge is -2.23. The van der Waals surface area contributed by atoms with E-state index in [1.807, 2.05) is 19.1 Å². The third-order valence-electron chi connectivity index (χ3n) is 3.82. The quantitative estimate of drug-likeness (QED) is 0.863. The molecule has 1 aromatic carbocycles. The zero-order valence-electron chi connectivity index (χ0n) is 11.3. The molecule has 1 fully saturated rings. The molecule has 3 rings (SSSR count). The zero-order chi connectivity index (χ0) is 13.6. The van der Waals surface area contributed by atoms with Crippen molar-refractivity contribution in [3.05, 3.63) is 40.9 Å². The van der Waals surface area contributed by atoms with E-state index in [2.05, 4.69) is 39.8 Å². The maximum atomic E-state index is 5.93. The van der Waals surface area contributed by atoms with E-state index in [1.165, 1.54) is 0 Å². The van der Waals surface area contributed by atoms with E-state index >= 15 is 0 Å². The number of halogens is 1. The first kappa shape index (κ1) is 12.6. The number of aromatic nitrogens is 3. The Labute approximate surface area is 118 Å². The van der Waals surface area contributed by atoms with Gasteiger partial charge < -0.3 is 0 Å². The highest BCUT2D eigenvalue weighted by molar-refractivity contribution is 6.30. The Morgan fingerprint density at radius 2 is 2.05 bits per heavy atom. The van der Waals surface area contributed by atoms with Crippen molar-refractivity contribution in [1.29, 1.82) is 0 Å². The molecule has 0 spiro atoms. The van der Waals surface area contributed by atoms with Crippen molar-refractivity contribution in [1.82, 2.24) is 19.7 Å². The molecule has 0 amide bonds. The summed E-state index contributed by atoms with van der Waals surface area (Å²) in [7, 11) is 4.18. The van der Waals surface area contributed by atoms with Crippen LogP contribution in [0.2, 0.25) is 5.02 Å². The van der Waals surface area contributed by atoms with Gasteiger partial charge in [-0.3, -0.25) is 9.47 Å². The molecule has 19 heavy (non-hydrogen) atoms. The van der Waals surface area contributed by atoms with Gasteiger partial charge in [0.15, 0.2) is 5.82 Å². The molecule has 1 aliphatic carbocycles. The molecule has 99 valence electrons. The molecule has 0 N–H and O–H groups in total. The number of nitrogens with zero attached hydrogens (tertiary/aromatic N) is 4. The van der Waals surface area contributed by atoms with Gasteiger partial charge >= 0.3 is 0 Å². The first-order valence-corrected chi connectivity index (χ1v) is 6.70. The minimum atomic E-state index is 0.0226. The Bertz CT molecular complexity index is 596. The van der Waals surface area contributed by atoms with Crippen LogP contribution in [0.3, 0.4) is 0 Å². The molecular weight excluding hydrogens is 260 g/mol. The largest absolute Gasteiger partial charge is 0.297 e. The molecule has 1 aromatic heterocycles. The van der Waals surface area contributed by atoms with Gasteiger partial charge in [-0.05, 0) is 52.1 Å². The summed E-state index contributed by atoms with van der Waals surface area (Å²) in [5, 5.41) is 9.31. The fraction of sp³-hybridized carbons (Fsp3) is 0.429. The van der Waals surface area contributed by atoms with Crippen LogP contribution in [0.4, 0.5) is 0 Å². The molecule has 1 saturated carbocycles. The summed E-state index contributed by atoms with van der Waals surface area (Å²) < 4.78 is 2.07. The van der Waals surface area contributed by atoms with Crippen molar-refractivity contribution >= 4 is 11.6 Å². The number of benzene rings is 1. The Morgan fingerprint density at radius 1 is 1.32 bits per heavy atom. The van der Waals surface area contributed by atoms with Gasteiger partial charge in [0.1, 0.15) is 5.82 Å². The van der Waals surface area contributed by atoms with E-state index in [9.17, 15) is 0 Å². The first-order chi connectivity index (χ1) is 9.04. The van der Waals surface area contributed by atoms with Gasteiger partial charge in [0, 0.05) is 11.1 Å². The lowest BCUT2D eigenvalue weighted by atomic mass is 10.2. The Balaban J connectivity index is 2.12. The van der Waals surface area contributed by atoms with Crippen molar-refractivity contribution < 1.29 is 0 Å². The molecule has 0 unspecified atom stereocenters. The van der Waals surface area contributed by atoms with Crippen LogP contribution >= 0.6 is 11.6 Å². The summed E-state index contributed by atoms with van der Waals surface area (Å²) >= 11 is 5.93. The number of rotatable bonds is 3. The Kier molecular flexibility index (Phi) is 2.87. The molecule has 1 heterocycles. The monoisotopic (exact) mass is 275 g/mol. The van der Waals surface area contributed by atoms with E-state index in [0.29, 0.717) is 5.02 Å². The van der Waals surface area contributed by atoms with Gasteiger partial charge in [0.25, 0.3) is 0 Å². The average Bonchev–Trinajstić information content (AvgIpc) is 3.10. The summed E-state index contributed by atoms with van der Waals surface area (Å²) in [5.41, 5.74) is 0.962. The van der Waals surface area contributed by atoms with Gasteiger partial charge in [0.05, 0.1) is 11.2 Å². The number of aryl methyl sites for hydroxylation is 1. The van der Waals surface area contributed by atoms with Crippen LogP contribution in [0.5, 0.6) is 0 Å². The average molecular weight is 276 g/mol. The van der Waals surface area contributed by atoms with Crippen molar-refractivity contribution in [2.24, 2.45) is 0 Å². The van der Waals surface area contributed by atoms with E-state index in [-0.39, 0.29) is 5.54 Å². The van der Waals surface area contributed by atoms with E-state index in [4.69, 9.17) is 11.6 Å². The maximum Gasteiger partial charge on any atom is 0.158 e. The molecule has 0 aliphatic heterocycles. The van der Waals surface area contributed by atoms with Crippen LogP contribution < -0.4 is 0 Å². The summed E-state index contributed by atoms with van der Waals surface area (Å²) in [4.78, 5) is 2.23. The third-order valence-corrected chi connectivity index (χ3v) is 4.06. The number of hydrogen-bond donors (Lipinski definition) is 0. The number of hydrogen-bond acceptors (Lipinski definition) is 3. The second-order valence-electron chi connectivity index (χ2n) is 5.22. The minimum Gasteiger partial charge on any atom is -0.297 e. The summed E-state index contributed by atoms with van der Waals surface area (Å²) in [6.45, 7) is 1.96. The topological polar surface area (TPSA) is 34.0 Å². The van der Waals surface area contributed by atoms with Crippen LogP contribution in [0.15, 0.2) is 18.2 Å². The van der Waals surface area contributed by atoms with Crippen molar-refractivity contribution in [2.45, 2.75) is 25.3 Å². The molecule has 5 heteroatoms. The van der Waals surface area contributed by atoms with Gasteiger partial charge in [-0.1, -0.05) is 11.6 Å². The van der Waals surface area contributed by atoms with Crippen LogP contribution in [-0.4, -0.2) is 33.8 Å². The zero-order valence-corrected chi connectivity index (χ0v) is 12.1. The van der Waals surface area contributed by atoms with Gasteiger partial charge in [0.2, 0.25) is 0 Å². The van der Waals surface area contributed by atoms with E-state index in [1.54, 1.807) is 6.07 Å². The highest BCUT2D eigenvalue weighted by Crippen LogP contribution is 2.49. The van der Waals surface area contributed by atoms with Gasteiger partial charge in [-0.15, -0.1) is 10.2 Å². The molecule has 2 aromatic rings. The lowest BCUT2D eigenvalue weighted by molar-refractivity contribution is 0.259. The third kappa shape index (κ3) is 1.95. The second kappa shape index (κ2) is 4.32. The first-order valence-electron chi connectivity index (χ1n) is 6.32. The summed E-state index contributed by atoms with van der Waals surface area (Å²) in [6.07, 6.45) is 2.23. The fourth-order valence-corrected chi connectivity index (χ4v) is 2.60. The molecule has 0 saturated heterocycles. The SMILES string of the molecule is Cc1nnc(C2(N(C)C)CC2)n1-c1[c]cc(Cl)cc1. The van der Waals surface area contributed by atoms with Crippen molar-refractivity contribution in [3.63, 3.8) is 0 Å². The molecule has 1 radical (unpaired) electrons. The van der Waals surface area contributed by atoms with Crippen LogP contribution in [-0.2, 0) is 5.54 Å². The molecule has 4 nitrogen and oxygen atoms in total. The molecule has 0 atom stereocenters. The predicted molar refractivity (Wildman–Crippen MR) is 74.5 cm³/mol. The van der Waals surface area contributed by atoms with E-state index in [0.717, 1.165) is 30.2 Å². The predicted octanol–water partition coefficient (Wildman–Crippen LogP) is 2.58. The van der Waals surface area contributed by atoms with Crippen molar-refractivity contribution in [2.75, 3.05) is 14.1 Å². The minimum absolute atomic E-state index is 0.0226. The normalized spacial score (nSPS) is 16.9. The molecule has 1 aliphatic rings. The summed E-state index contributed by atoms with van der Waals surface area (Å²) in [5.74, 6) is 1.87. The fourth-order valence-electron chi connectivity index (χ4n) is 2.48. The Morgan fingerprint density at radius 3 is 2.58 bits per heavy atom. The highest BCUT2D eigenvalue weighted by Gasteiger charge is 2.50. The summed E-state index contributed by atoms with van der Waals surface area (Å²) in [6, 6.07) is 8.78. The molecular formula is C14H16ClN4. The standard InChI is InChI=1S/C14H16ClN4/c1-10-16-17-13(14(8-9-14)18(2)3)19(10)12-6-4-11(15)5-7-12/h4-6H,8-9H2,1-3H3. The Hall–Kier alpha value is -1.39. The lowest BCUT2D eigenvalue weighted by Crippen LogP contribution is -2.30. The van der Waals surface area contributed by atoms with Crippen LogP contribution in [0.25, 0.3) is 5.69 Å². The maximum absolute atomic E-state index is 5.93. The second-order valence-corrected chi connectivity index (χ2v) is 5.66. The smallest absolute Gasteiger partial charge is 0.158 e. The van der Waals surface area contributed by atoms with Crippen molar-refractivity contribution in [3.8, 4) is 5.69 Å². The molecule has 0 bridgehead atoms. The van der Waals surface area contributed by atoms with Gasteiger partial charge in [-0.2, -0.15) is 0 Å². The highest BCUT2D eigenvalue weighted by atomic mass is 35.5. The van der Waals surface area contributed by atoms with E-state index < -0.39 is 0 Å². The van der Waals surface area contributed by atoms with Crippen LogP contribution in [0, 0.1) is 13.0 Å².